The zero-order valence-electron chi connectivity index (χ0n) is 19.6. The molecule has 35 heavy (non-hydrogen) atoms. The van der Waals surface area contributed by atoms with Crippen molar-refractivity contribution in [2.24, 2.45) is 13.0 Å². The first kappa shape index (κ1) is 22.7. The molecule has 2 unspecified atom stereocenters. The standard InChI is InChI=1S/C27H27N5O3/c1-31-12-11-20(30-31)17-35-21-9-10-24-25(14-21)32(16-19-6-4-5-18(13-19)15-28)26(29-24)22-7-2-3-8-23(22)27(33)34/h4-6,9-14,22-23H,2-3,7-8,16-17H2,1H3,(H,33,34). The van der Waals surface area contributed by atoms with Gasteiger partial charge in [-0.25, -0.2) is 4.98 Å². The van der Waals surface area contributed by atoms with Crippen LogP contribution in [-0.4, -0.2) is 30.4 Å². The Balaban J connectivity index is 1.55. The molecule has 2 aromatic heterocycles. The molecule has 1 N–H and O–H groups in total. The van der Waals surface area contributed by atoms with Gasteiger partial charge in [0.2, 0.25) is 0 Å². The summed E-state index contributed by atoms with van der Waals surface area (Å²) in [6.45, 7) is 0.842. The van der Waals surface area contributed by atoms with E-state index >= 15 is 0 Å². The highest BCUT2D eigenvalue weighted by Gasteiger charge is 2.35. The Kier molecular flexibility index (Phi) is 6.23. The molecule has 5 rings (SSSR count). The molecule has 2 aromatic carbocycles. The van der Waals surface area contributed by atoms with Crippen LogP contribution in [0.2, 0.25) is 0 Å². The molecule has 0 radical (unpaired) electrons. The van der Waals surface area contributed by atoms with Crippen molar-refractivity contribution in [2.75, 3.05) is 0 Å². The Labute approximate surface area is 203 Å². The van der Waals surface area contributed by atoms with Crippen LogP contribution in [0.5, 0.6) is 5.75 Å². The molecule has 2 heterocycles. The lowest BCUT2D eigenvalue weighted by atomic mass is 9.78. The van der Waals surface area contributed by atoms with Crippen LogP contribution in [-0.2, 0) is 25.0 Å². The van der Waals surface area contributed by atoms with Crippen LogP contribution in [0.3, 0.4) is 0 Å². The molecule has 4 aromatic rings. The van der Waals surface area contributed by atoms with Crippen LogP contribution >= 0.6 is 0 Å². The fourth-order valence-electron chi connectivity index (χ4n) is 5.01. The van der Waals surface area contributed by atoms with Crippen LogP contribution in [0.1, 0.15) is 54.2 Å². The van der Waals surface area contributed by atoms with Gasteiger partial charge in [-0.3, -0.25) is 9.48 Å². The normalized spacial score (nSPS) is 17.8. The van der Waals surface area contributed by atoms with Crippen molar-refractivity contribution < 1.29 is 14.6 Å². The maximum Gasteiger partial charge on any atom is 0.307 e. The number of benzene rings is 2. The molecule has 178 valence electrons. The smallest absolute Gasteiger partial charge is 0.307 e. The molecule has 2 atom stereocenters. The minimum absolute atomic E-state index is 0.161. The van der Waals surface area contributed by atoms with E-state index in [0.717, 1.165) is 47.4 Å². The van der Waals surface area contributed by atoms with Crippen LogP contribution in [0, 0.1) is 17.2 Å². The summed E-state index contributed by atoms with van der Waals surface area (Å²) in [5, 5.41) is 23.6. The Bertz CT molecular complexity index is 1410. The van der Waals surface area contributed by atoms with Crippen molar-refractivity contribution >= 4 is 17.0 Å². The number of aromatic nitrogens is 4. The summed E-state index contributed by atoms with van der Waals surface area (Å²) >= 11 is 0. The number of hydrogen-bond acceptors (Lipinski definition) is 5. The van der Waals surface area contributed by atoms with E-state index in [-0.39, 0.29) is 5.92 Å². The van der Waals surface area contributed by atoms with Crippen LogP contribution in [0.25, 0.3) is 11.0 Å². The number of nitrogens with zero attached hydrogens (tertiary/aromatic N) is 5. The van der Waals surface area contributed by atoms with Gasteiger partial charge < -0.3 is 14.4 Å². The second-order valence-electron chi connectivity index (χ2n) is 9.12. The van der Waals surface area contributed by atoms with Crippen LogP contribution in [0.4, 0.5) is 0 Å². The third kappa shape index (κ3) is 4.76. The highest BCUT2D eigenvalue weighted by Crippen LogP contribution is 2.39. The lowest BCUT2D eigenvalue weighted by molar-refractivity contribution is -0.143. The molecule has 0 bridgehead atoms. The number of hydrogen-bond donors (Lipinski definition) is 1. The molecule has 1 aliphatic carbocycles. The third-order valence-electron chi connectivity index (χ3n) is 6.72. The number of fused-ring (bicyclic) bond motifs is 1. The van der Waals surface area contributed by atoms with E-state index in [1.54, 1.807) is 10.7 Å². The van der Waals surface area contributed by atoms with E-state index in [0.29, 0.717) is 30.9 Å². The summed E-state index contributed by atoms with van der Waals surface area (Å²) in [6.07, 6.45) is 5.23. The van der Waals surface area contributed by atoms with Gasteiger partial charge in [0.15, 0.2) is 0 Å². The van der Waals surface area contributed by atoms with Crippen molar-refractivity contribution in [2.45, 2.75) is 44.8 Å². The van der Waals surface area contributed by atoms with Crippen molar-refractivity contribution in [1.29, 1.82) is 5.26 Å². The molecule has 8 heteroatoms. The fraction of sp³-hybridized carbons (Fsp3) is 0.333. The van der Waals surface area contributed by atoms with Gasteiger partial charge in [0.25, 0.3) is 0 Å². The molecule has 0 aliphatic heterocycles. The van der Waals surface area contributed by atoms with Gasteiger partial charge in [0.05, 0.1) is 34.3 Å². The summed E-state index contributed by atoms with van der Waals surface area (Å²) in [4.78, 5) is 17.0. The first-order chi connectivity index (χ1) is 17.0. The maximum absolute atomic E-state index is 12.1. The van der Waals surface area contributed by atoms with Crippen LogP contribution < -0.4 is 4.74 Å². The Morgan fingerprint density at radius 2 is 2.06 bits per heavy atom. The zero-order valence-corrected chi connectivity index (χ0v) is 19.6. The quantitative estimate of drug-likeness (QED) is 0.423. The minimum Gasteiger partial charge on any atom is -0.487 e. The van der Waals surface area contributed by atoms with Crippen molar-refractivity contribution in [3.63, 3.8) is 0 Å². The minimum atomic E-state index is -0.765. The number of rotatable bonds is 7. The zero-order chi connectivity index (χ0) is 24.4. The third-order valence-corrected chi connectivity index (χ3v) is 6.72. The molecular formula is C27H27N5O3. The Morgan fingerprint density at radius 3 is 2.83 bits per heavy atom. The van der Waals surface area contributed by atoms with Crippen molar-refractivity contribution in [3.8, 4) is 11.8 Å². The predicted molar refractivity (Wildman–Crippen MR) is 130 cm³/mol. The van der Waals surface area contributed by atoms with E-state index in [1.807, 2.05) is 55.7 Å². The van der Waals surface area contributed by atoms with Gasteiger partial charge in [-0.15, -0.1) is 0 Å². The first-order valence-electron chi connectivity index (χ1n) is 11.8. The lowest BCUT2D eigenvalue weighted by Crippen LogP contribution is -2.27. The Morgan fingerprint density at radius 1 is 1.20 bits per heavy atom. The summed E-state index contributed by atoms with van der Waals surface area (Å²) in [7, 11) is 1.87. The molecule has 0 saturated heterocycles. The number of carbonyl (C=O) groups is 1. The summed E-state index contributed by atoms with van der Waals surface area (Å²) in [6, 6.07) is 17.4. The highest BCUT2D eigenvalue weighted by molar-refractivity contribution is 5.79. The summed E-state index contributed by atoms with van der Waals surface area (Å²) in [5.74, 6) is 0.103. The fourth-order valence-corrected chi connectivity index (χ4v) is 5.01. The number of nitriles is 1. The van der Waals surface area contributed by atoms with Gasteiger partial charge in [0.1, 0.15) is 18.2 Å². The average Bonchev–Trinajstić information content (AvgIpc) is 3.45. The predicted octanol–water partition coefficient (Wildman–Crippen LogP) is 4.63. The van der Waals surface area contributed by atoms with E-state index in [1.165, 1.54) is 0 Å². The van der Waals surface area contributed by atoms with Gasteiger partial charge in [-0.05, 0) is 48.7 Å². The van der Waals surface area contributed by atoms with E-state index in [4.69, 9.17) is 9.72 Å². The monoisotopic (exact) mass is 469 g/mol. The van der Waals surface area contributed by atoms with E-state index in [9.17, 15) is 15.2 Å². The lowest BCUT2D eigenvalue weighted by Gasteiger charge is -2.28. The molecule has 1 saturated carbocycles. The summed E-state index contributed by atoms with van der Waals surface area (Å²) in [5.41, 5.74) is 4.08. The topological polar surface area (TPSA) is 106 Å². The number of aryl methyl sites for hydroxylation is 1. The van der Waals surface area contributed by atoms with Crippen molar-refractivity contribution in [3.05, 3.63) is 77.4 Å². The second kappa shape index (κ2) is 9.63. The maximum atomic E-state index is 12.1. The molecular weight excluding hydrogens is 442 g/mol. The number of carboxylic acids is 1. The number of carboxylic acid groups (broad SMARTS) is 1. The molecule has 1 aliphatic rings. The molecule has 0 spiro atoms. The molecule has 8 nitrogen and oxygen atoms in total. The van der Waals surface area contributed by atoms with E-state index < -0.39 is 11.9 Å². The Hall–Kier alpha value is -4.12. The largest absolute Gasteiger partial charge is 0.487 e. The first-order valence-corrected chi connectivity index (χ1v) is 11.8. The van der Waals surface area contributed by atoms with Gasteiger partial charge in [0, 0.05) is 31.8 Å². The second-order valence-corrected chi connectivity index (χ2v) is 9.12. The number of aliphatic carboxylic acids is 1. The average molecular weight is 470 g/mol. The SMILES string of the molecule is Cn1ccc(COc2ccc3nc(C4CCCCC4C(=O)O)n(Cc4cccc(C#N)c4)c3c2)n1. The number of ether oxygens (including phenoxy) is 1. The molecule has 0 amide bonds. The number of imidazole rings is 1. The van der Waals surface area contributed by atoms with Gasteiger partial charge in [-0.1, -0.05) is 25.0 Å². The van der Waals surface area contributed by atoms with E-state index in [2.05, 4.69) is 15.7 Å². The molecule has 1 fully saturated rings. The summed E-state index contributed by atoms with van der Waals surface area (Å²) < 4.78 is 9.86. The van der Waals surface area contributed by atoms with Crippen LogP contribution in [0.15, 0.2) is 54.7 Å². The van der Waals surface area contributed by atoms with Crippen molar-refractivity contribution in [1.82, 2.24) is 19.3 Å². The van der Waals surface area contributed by atoms with Gasteiger partial charge in [-0.2, -0.15) is 10.4 Å². The highest BCUT2D eigenvalue weighted by atomic mass is 16.5. The van der Waals surface area contributed by atoms with Gasteiger partial charge >= 0.3 is 5.97 Å².